The SMILES string of the molecule is CCOc1cccc(C(C)(C)CCN)c1OC. The van der Waals surface area contributed by atoms with Gasteiger partial charge in [-0.15, -0.1) is 0 Å². The number of rotatable bonds is 6. The van der Waals surface area contributed by atoms with Gasteiger partial charge in [0.1, 0.15) is 0 Å². The van der Waals surface area contributed by atoms with Gasteiger partial charge in [0, 0.05) is 5.56 Å². The van der Waals surface area contributed by atoms with Crippen LogP contribution in [0.1, 0.15) is 32.8 Å². The monoisotopic (exact) mass is 237 g/mol. The Morgan fingerprint density at radius 1 is 1.29 bits per heavy atom. The topological polar surface area (TPSA) is 44.5 Å². The third kappa shape index (κ3) is 3.13. The Balaban J connectivity index is 3.18. The summed E-state index contributed by atoms with van der Waals surface area (Å²) in [6.45, 7) is 7.62. The van der Waals surface area contributed by atoms with Crippen molar-refractivity contribution in [3.8, 4) is 11.5 Å². The van der Waals surface area contributed by atoms with Crippen molar-refractivity contribution in [2.45, 2.75) is 32.6 Å². The normalized spacial score (nSPS) is 11.4. The lowest BCUT2D eigenvalue weighted by molar-refractivity contribution is 0.304. The molecule has 2 N–H and O–H groups in total. The van der Waals surface area contributed by atoms with Gasteiger partial charge in [0.15, 0.2) is 11.5 Å². The van der Waals surface area contributed by atoms with Gasteiger partial charge in [0.25, 0.3) is 0 Å². The molecule has 1 aromatic carbocycles. The summed E-state index contributed by atoms with van der Waals surface area (Å²) in [4.78, 5) is 0. The van der Waals surface area contributed by atoms with Gasteiger partial charge in [-0.05, 0) is 31.4 Å². The second kappa shape index (κ2) is 5.92. The summed E-state index contributed by atoms with van der Waals surface area (Å²) in [5.74, 6) is 1.63. The Labute approximate surface area is 104 Å². The molecule has 0 saturated carbocycles. The first-order chi connectivity index (χ1) is 8.06. The third-order valence-corrected chi connectivity index (χ3v) is 2.98. The zero-order chi connectivity index (χ0) is 12.9. The highest BCUT2D eigenvalue weighted by Gasteiger charge is 2.25. The number of hydrogen-bond acceptors (Lipinski definition) is 3. The number of ether oxygens (including phenoxy) is 2. The zero-order valence-electron chi connectivity index (χ0n) is 11.2. The Hall–Kier alpha value is -1.22. The van der Waals surface area contributed by atoms with Crippen molar-refractivity contribution >= 4 is 0 Å². The van der Waals surface area contributed by atoms with E-state index in [1.807, 2.05) is 19.1 Å². The Bertz CT molecular complexity index is 361. The predicted octanol–water partition coefficient (Wildman–Crippen LogP) is 2.72. The maximum absolute atomic E-state index is 5.67. The van der Waals surface area contributed by atoms with Gasteiger partial charge in [-0.3, -0.25) is 0 Å². The van der Waals surface area contributed by atoms with E-state index in [4.69, 9.17) is 15.2 Å². The second-order valence-electron chi connectivity index (χ2n) is 4.69. The van der Waals surface area contributed by atoms with Crippen molar-refractivity contribution in [2.75, 3.05) is 20.3 Å². The van der Waals surface area contributed by atoms with Gasteiger partial charge in [-0.1, -0.05) is 26.0 Å². The van der Waals surface area contributed by atoms with Crippen LogP contribution in [-0.4, -0.2) is 20.3 Å². The molecule has 0 aromatic heterocycles. The minimum atomic E-state index is -0.00674. The van der Waals surface area contributed by atoms with E-state index in [2.05, 4.69) is 19.9 Å². The van der Waals surface area contributed by atoms with E-state index in [0.717, 1.165) is 23.5 Å². The van der Waals surface area contributed by atoms with Crippen LogP contribution in [0.5, 0.6) is 11.5 Å². The summed E-state index contributed by atoms with van der Waals surface area (Å²) < 4.78 is 11.1. The summed E-state index contributed by atoms with van der Waals surface area (Å²) >= 11 is 0. The van der Waals surface area contributed by atoms with E-state index in [0.29, 0.717) is 13.2 Å². The molecule has 0 aliphatic heterocycles. The molecule has 0 amide bonds. The van der Waals surface area contributed by atoms with Gasteiger partial charge >= 0.3 is 0 Å². The van der Waals surface area contributed by atoms with Gasteiger partial charge in [0.2, 0.25) is 0 Å². The Kier molecular flexibility index (Phi) is 4.82. The minimum absolute atomic E-state index is 0.00674. The molecule has 0 heterocycles. The quantitative estimate of drug-likeness (QED) is 0.827. The molecule has 0 atom stereocenters. The van der Waals surface area contributed by atoms with Crippen LogP contribution in [0.25, 0.3) is 0 Å². The van der Waals surface area contributed by atoms with E-state index < -0.39 is 0 Å². The molecule has 96 valence electrons. The van der Waals surface area contributed by atoms with Crippen LogP contribution in [0.15, 0.2) is 18.2 Å². The van der Waals surface area contributed by atoms with E-state index in [1.165, 1.54) is 0 Å². The van der Waals surface area contributed by atoms with E-state index in [9.17, 15) is 0 Å². The molecule has 3 nitrogen and oxygen atoms in total. The lowest BCUT2D eigenvalue weighted by Gasteiger charge is -2.27. The molecule has 0 bridgehead atoms. The Morgan fingerprint density at radius 3 is 2.53 bits per heavy atom. The number of methoxy groups -OCH3 is 1. The summed E-state index contributed by atoms with van der Waals surface area (Å²) in [5.41, 5.74) is 6.81. The highest BCUT2D eigenvalue weighted by Crippen LogP contribution is 2.39. The van der Waals surface area contributed by atoms with Crippen molar-refractivity contribution in [3.05, 3.63) is 23.8 Å². The molecular formula is C14H23NO2. The van der Waals surface area contributed by atoms with Crippen LogP contribution in [0, 0.1) is 0 Å². The van der Waals surface area contributed by atoms with Crippen LogP contribution < -0.4 is 15.2 Å². The Morgan fingerprint density at radius 2 is 2.00 bits per heavy atom. The molecular weight excluding hydrogens is 214 g/mol. The minimum Gasteiger partial charge on any atom is -0.493 e. The maximum atomic E-state index is 5.67. The molecule has 1 rings (SSSR count). The summed E-state index contributed by atoms with van der Waals surface area (Å²) in [7, 11) is 1.68. The highest BCUT2D eigenvalue weighted by molar-refractivity contribution is 5.49. The van der Waals surface area contributed by atoms with E-state index in [1.54, 1.807) is 7.11 Å². The van der Waals surface area contributed by atoms with Crippen molar-refractivity contribution in [2.24, 2.45) is 5.73 Å². The fraction of sp³-hybridized carbons (Fsp3) is 0.571. The van der Waals surface area contributed by atoms with Gasteiger partial charge in [0.05, 0.1) is 13.7 Å². The molecule has 0 spiro atoms. The molecule has 0 aliphatic carbocycles. The first kappa shape index (κ1) is 13.8. The molecule has 17 heavy (non-hydrogen) atoms. The molecule has 0 fully saturated rings. The predicted molar refractivity (Wildman–Crippen MR) is 70.9 cm³/mol. The number of nitrogens with two attached hydrogens (primary N) is 1. The smallest absolute Gasteiger partial charge is 0.164 e. The largest absolute Gasteiger partial charge is 0.493 e. The number of benzene rings is 1. The molecule has 1 aromatic rings. The number of para-hydroxylation sites is 1. The lowest BCUT2D eigenvalue weighted by atomic mass is 9.81. The van der Waals surface area contributed by atoms with Crippen molar-refractivity contribution < 1.29 is 9.47 Å². The first-order valence-electron chi connectivity index (χ1n) is 6.07. The van der Waals surface area contributed by atoms with Gasteiger partial charge < -0.3 is 15.2 Å². The van der Waals surface area contributed by atoms with Crippen LogP contribution in [0.3, 0.4) is 0 Å². The second-order valence-corrected chi connectivity index (χ2v) is 4.69. The average molecular weight is 237 g/mol. The van der Waals surface area contributed by atoms with E-state index in [-0.39, 0.29) is 5.41 Å². The molecule has 0 aliphatic rings. The van der Waals surface area contributed by atoms with Crippen LogP contribution >= 0.6 is 0 Å². The summed E-state index contributed by atoms with van der Waals surface area (Å²) in [5, 5.41) is 0. The molecule has 3 heteroatoms. The standard InChI is InChI=1S/C14H23NO2/c1-5-17-12-8-6-7-11(13(12)16-4)14(2,3)9-10-15/h6-8H,5,9-10,15H2,1-4H3. The summed E-state index contributed by atoms with van der Waals surface area (Å²) in [6.07, 6.45) is 0.916. The third-order valence-electron chi connectivity index (χ3n) is 2.98. The molecule has 0 unspecified atom stereocenters. The summed E-state index contributed by atoms with van der Waals surface area (Å²) in [6, 6.07) is 6.02. The van der Waals surface area contributed by atoms with Crippen molar-refractivity contribution in [3.63, 3.8) is 0 Å². The van der Waals surface area contributed by atoms with Crippen molar-refractivity contribution in [1.29, 1.82) is 0 Å². The first-order valence-corrected chi connectivity index (χ1v) is 6.07. The van der Waals surface area contributed by atoms with Crippen LogP contribution in [-0.2, 0) is 5.41 Å². The lowest BCUT2D eigenvalue weighted by Crippen LogP contribution is -2.22. The van der Waals surface area contributed by atoms with Gasteiger partial charge in [-0.2, -0.15) is 0 Å². The maximum Gasteiger partial charge on any atom is 0.164 e. The van der Waals surface area contributed by atoms with Crippen LogP contribution in [0.4, 0.5) is 0 Å². The molecule has 0 radical (unpaired) electrons. The fourth-order valence-corrected chi connectivity index (χ4v) is 2.02. The van der Waals surface area contributed by atoms with E-state index >= 15 is 0 Å². The van der Waals surface area contributed by atoms with Crippen LogP contribution in [0.2, 0.25) is 0 Å². The fourth-order valence-electron chi connectivity index (χ4n) is 2.02. The number of hydrogen-bond donors (Lipinski definition) is 1. The molecule has 0 saturated heterocycles. The highest BCUT2D eigenvalue weighted by atomic mass is 16.5. The van der Waals surface area contributed by atoms with Crippen molar-refractivity contribution in [1.82, 2.24) is 0 Å². The average Bonchev–Trinajstić information content (AvgIpc) is 2.29. The van der Waals surface area contributed by atoms with Gasteiger partial charge in [-0.25, -0.2) is 0 Å². The zero-order valence-corrected chi connectivity index (χ0v) is 11.2.